The molecule has 0 nitrogen and oxygen atoms in total. The molecular formula is C17H18. The maximum absolute atomic E-state index is 2.30. The first-order chi connectivity index (χ1) is 8.07. The van der Waals surface area contributed by atoms with Crippen molar-refractivity contribution in [1.82, 2.24) is 0 Å². The molecule has 0 fully saturated rings. The van der Waals surface area contributed by atoms with Crippen LogP contribution in [0.1, 0.15) is 20.8 Å². The first-order valence-corrected chi connectivity index (χ1v) is 6.26. The highest BCUT2D eigenvalue weighted by atomic mass is 14.3. The molecule has 0 aromatic carbocycles. The molecule has 0 aromatic rings. The molecule has 3 aliphatic carbocycles. The van der Waals surface area contributed by atoms with Crippen molar-refractivity contribution in [2.75, 3.05) is 0 Å². The number of hydrogen-bond acceptors (Lipinski definition) is 0. The second-order valence-electron chi connectivity index (χ2n) is 5.94. The fraction of sp³-hybridized carbons (Fsp3) is 0.294. The summed E-state index contributed by atoms with van der Waals surface area (Å²) in [6, 6.07) is 0. The molecule has 0 amide bonds. The first kappa shape index (κ1) is 10.6. The predicted octanol–water partition coefficient (Wildman–Crippen LogP) is 4.51. The lowest BCUT2D eigenvalue weighted by molar-refractivity contribution is 0.506. The van der Waals surface area contributed by atoms with Gasteiger partial charge in [-0.1, -0.05) is 69.4 Å². The Morgan fingerprint density at radius 3 is 2.18 bits per heavy atom. The van der Waals surface area contributed by atoms with Crippen LogP contribution < -0.4 is 0 Å². The lowest BCUT2D eigenvalue weighted by atomic mass is 9.69. The van der Waals surface area contributed by atoms with Gasteiger partial charge in [-0.2, -0.15) is 0 Å². The first-order valence-electron chi connectivity index (χ1n) is 6.26. The third kappa shape index (κ3) is 1.59. The van der Waals surface area contributed by atoms with E-state index in [1.54, 1.807) is 0 Å². The fourth-order valence-electron chi connectivity index (χ4n) is 2.88. The Hall–Kier alpha value is -1.56. The normalized spacial score (nSPS) is 25.7. The molecule has 3 rings (SSSR count). The molecule has 86 valence electrons. The van der Waals surface area contributed by atoms with Crippen molar-refractivity contribution in [2.24, 2.45) is 11.3 Å². The van der Waals surface area contributed by atoms with Crippen LogP contribution >= 0.6 is 0 Å². The van der Waals surface area contributed by atoms with Crippen LogP contribution in [0.25, 0.3) is 0 Å². The highest BCUT2D eigenvalue weighted by Gasteiger charge is 2.31. The average molecular weight is 222 g/mol. The standard InChI is InChI=1S/C17H18/c1-17(2,3)15-11-10-13-7-4-6-12-8-5-9-14(15)16(12)13/h4-11,16H,1-3H3. The fourth-order valence-corrected chi connectivity index (χ4v) is 2.88. The Morgan fingerprint density at radius 1 is 0.824 bits per heavy atom. The minimum atomic E-state index is 0.214. The van der Waals surface area contributed by atoms with Gasteiger partial charge >= 0.3 is 0 Å². The minimum absolute atomic E-state index is 0.214. The van der Waals surface area contributed by atoms with Gasteiger partial charge in [0.15, 0.2) is 0 Å². The van der Waals surface area contributed by atoms with E-state index >= 15 is 0 Å². The maximum atomic E-state index is 2.30. The molecule has 1 atom stereocenters. The van der Waals surface area contributed by atoms with E-state index in [0.29, 0.717) is 5.92 Å². The van der Waals surface area contributed by atoms with Crippen LogP contribution in [0.4, 0.5) is 0 Å². The molecule has 0 radical (unpaired) electrons. The van der Waals surface area contributed by atoms with Gasteiger partial charge < -0.3 is 0 Å². The molecule has 3 aliphatic rings. The largest absolute Gasteiger partial charge is 0.0617 e. The lowest BCUT2D eigenvalue weighted by Gasteiger charge is -2.35. The molecule has 0 saturated carbocycles. The van der Waals surface area contributed by atoms with E-state index in [1.807, 2.05) is 0 Å². The molecule has 17 heavy (non-hydrogen) atoms. The van der Waals surface area contributed by atoms with E-state index in [0.717, 1.165) is 0 Å². The highest BCUT2D eigenvalue weighted by Crippen LogP contribution is 2.44. The number of rotatable bonds is 0. The van der Waals surface area contributed by atoms with Gasteiger partial charge in [0, 0.05) is 5.92 Å². The van der Waals surface area contributed by atoms with Crippen molar-refractivity contribution < 1.29 is 0 Å². The summed E-state index contributed by atoms with van der Waals surface area (Å²) >= 11 is 0. The summed E-state index contributed by atoms with van der Waals surface area (Å²) in [5.74, 6) is 0.476. The average Bonchev–Trinajstić information content (AvgIpc) is 2.28. The number of allylic oxidation sites excluding steroid dienone is 12. The molecule has 0 heterocycles. The molecule has 0 bridgehead atoms. The van der Waals surface area contributed by atoms with E-state index in [1.165, 1.54) is 22.3 Å². The van der Waals surface area contributed by atoms with E-state index in [-0.39, 0.29) is 5.41 Å². The van der Waals surface area contributed by atoms with Crippen molar-refractivity contribution in [1.29, 1.82) is 0 Å². The van der Waals surface area contributed by atoms with Gasteiger partial charge in [-0.25, -0.2) is 0 Å². The molecule has 0 aliphatic heterocycles. The molecular weight excluding hydrogens is 204 g/mol. The van der Waals surface area contributed by atoms with E-state index in [2.05, 4.69) is 69.4 Å². The Labute approximate surface area is 103 Å². The summed E-state index contributed by atoms with van der Waals surface area (Å²) in [6.07, 6.45) is 17.9. The molecule has 0 spiro atoms. The Balaban J connectivity index is 2.21. The summed E-state index contributed by atoms with van der Waals surface area (Å²) < 4.78 is 0. The van der Waals surface area contributed by atoms with E-state index in [9.17, 15) is 0 Å². The van der Waals surface area contributed by atoms with E-state index in [4.69, 9.17) is 0 Å². The van der Waals surface area contributed by atoms with Gasteiger partial charge in [-0.3, -0.25) is 0 Å². The van der Waals surface area contributed by atoms with Crippen LogP contribution in [0.3, 0.4) is 0 Å². The lowest BCUT2D eigenvalue weighted by Crippen LogP contribution is -2.21. The van der Waals surface area contributed by atoms with Crippen molar-refractivity contribution in [2.45, 2.75) is 20.8 Å². The summed E-state index contributed by atoms with van der Waals surface area (Å²) in [6.45, 7) is 6.87. The third-order valence-corrected chi connectivity index (χ3v) is 3.68. The molecule has 0 aromatic heterocycles. The van der Waals surface area contributed by atoms with E-state index < -0.39 is 0 Å². The zero-order chi connectivity index (χ0) is 12.0. The van der Waals surface area contributed by atoms with Crippen molar-refractivity contribution >= 4 is 0 Å². The van der Waals surface area contributed by atoms with Crippen LogP contribution in [0.2, 0.25) is 0 Å². The van der Waals surface area contributed by atoms with Gasteiger partial charge in [0.1, 0.15) is 0 Å². The van der Waals surface area contributed by atoms with Gasteiger partial charge in [0.05, 0.1) is 0 Å². The zero-order valence-corrected chi connectivity index (χ0v) is 10.7. The van der Waals surface area contributed by atoms with Crippen LogP contribution in [0.15, 0.2) is 70.9 Å². The topological polar surface area (TPSA) is 0 Å². The van der Waals surface area contributed by atoms with Gasteiger partial charge in [0.2, 0.25) is 0 Å². The zero-order valence-electron chi connectivity index (χ0n) is 10.7. The third-order valence-electron chi connectivity index (χ3n) is 3.68. The molecule has 0 saturated heterocycles. The van der Waals surface area contributed by atoms with Crippen LogP contribution in [0.5, 0.6) is 0 Å². The van der Waals surface area contributed by atoms with Crippen molar-refractivity contribution in [3.8, 4) is 0 Å². The Kier molecular flexibility index (Phi) is 2.16. The molecule has 1 unspecified atom stereocenters. The Bertz CT molecular complexity index is 529. The van der Waals surface area contributed by atoms with Gasteiger partial charge in [0.25, 0.3) is 0 Å². The highest BCUT2D eigenvalue weighted by molar-refractivity contribution is 5.61. The Morgan fingerprint density at radius 2 is 1.47 bits per heavy atom. The summed E-state index contributed by atoms with van der Waals surface area (Å²) in [5.41, 5.74) is 6.01. The monoisotopic (exact) mass is 222 g/mol. The molecule has 0 N–H and O–H groups in total. The summed E-state index contributed by atoms with van der Waals surface area (Å²) in [5, 5.41) is 0. The summed E-state index contributed by atoms with van der Waals surface area (Å²) in [4.78, 5) is 0. The van der Waals surface area contributed by atoms with Gasteiger partial charge in [-0.05, 0) is 27.7 Å². The van der Waals surface area contributed by atoms with Gasteiger partial charge in [-0.15, -0.1) is 0 Å². The SMILES string of the molecule is CC(C)(C)C1=C2C=CC=C3C=CC=C(C=C1)C32. The summed E-state index contributed by atoms with van der Waals surface area (Å²) in [7, 11) is 0. The quantitative estimate of drug-likeness (QED) is 0.566. The minimum Gasteiger partial charge on any atom is -0.0617 e. The van der Waals surface area contributed by atoms with Crippen molar-refractivity contribution in [3.63, 3.8) is 0 Å². The van der Waals surface area contributed by atoms with Crippen LogP contribution in [-0.2, 0) is 0 Å². The predicted molar refractivity (Wildman–Crippen MR) is 73.6 cm³/mol. The second-order valence-corrected chi connectivity index (χ2v) is 5.94. The second kappa shape index (κ2) is 3.46. The van der Waals surface area contributed by atoms with Crippen LogP contribution in [0, 0.1) is 11.3 Å². The smallest absolute Gasteiger partial charge is 0.0342 e. The molecule has 0 heteroatoms. The van der Waals surface area contributed by atoms with Crippen LogP contribution in [-0.4, -0.2) is 0 Å². The van der Waals surface area contributed by atoms with Crippen molar-refractivity contribution in [3.05, 3.63) is 70.9 Å². The maximum Gasteiger partial charge on any atom is 0.0342 e. The number of hydrogen-bond donors (Lipinski definition) is 0.